The first-order valence-electron chi connectivity index (χ1n) is 3.33. The van der Waals surface area contributed by atoms with Crippen molar-refractivity contribution in [1.82, 2.24) is 0 Å². The number of nitriles is 1. The molecule has 1 aromatic rings. The molecule has 0 saturated heterocycles. The van der Waals surface area contributed by atoms with Crippen molar-refractivity contribution in [3.63, 3.8) is 0 Å². The van der Waals surface area contributed by atoms with Crippen molar-refractivity contribution in [1.29, 1.82) is 5.26 Å². The Bertz CT molecular complexity index is 324. The maximum Gasteiger partial charge on any atom is 0.228 e. The van der Waals surface area contributed by atoms with Gasteiger partial charge in [0.1, 0.15) is 0 Å². The third kappa shape index (κ3) is 2.06. The SMILES string of the molecule is N#Cc1ccc(C[N+](=O)[O-])cc1. The van der Waals surface area contributed by atoms with Crippen LogP contribution in [-0.4, -0.2) is 4.92 Å². The van der Waals surface area contributed by atoms with E-state index in [-0.39, 0.29) is 6.54 Å². The molecule has 4 nitrogen and oxygen atoms in total. The Kier molecular flexibility index (Phi) is 2.38. The van der Waals surface area contributed by atoms with Gasteiger partial charge in [0.2, 0.25) is 6.54 Å². The molecule has 12 heavy (non-hydrogen) atoms. The molecule has 1 rings (SSSR count). The monoisotopic (exact) mass is 162 g/mol. The van der Waals surface area contributed by atoms with Gasteiger partial charge >= 0.3 is 0 Å². The van der Waals surface area contributed by atoms with E-state index < -0.39 is 4.92 Å². The first-order chi connectivity index (χ1) is 5.72. The molecule has 0 saturated carbocycles. The molecule has 1 aromatic carbocycles. The predicted octanol–water partition coefficient (Wildman–Crippen LogP) is 1.33. The summed E-state index contributed by atoms with van der Waals surface area (Å²) in [7, 11) is 0. The second-order valence-electron chi connectivity index (χ2n) is 2.30. The molecule has 0 aliphatic carbocycles. The molecule has 0 N–H and O–H groups in total. The Morgan fingerprint density at radius 2 is 2.00 bits per heavy atom. The van der Waals surface area contributed by atoms with Gasteiger partial charge in [0.15, 0.2) is 0 Å². The fraction of sp³-hybridized carbons (Fsp3) is 0.125. The highest BCUT2D eigenvalue weighted by molar-refractivity contribution is 5.31. The van der Waals surface area contributed by atoms with Crippen molar-refractivity contribution in [3.8, 4) is 6.07 Å². The van der Waals surface area contributed by atoms with Crippen LogP contribution in [0.3, 0.4) is 0 Å². The summed E-state index contributed by atoms with van der Waals surface area (Å²) >= 11 is 0. The lowest BCUT2D eigenvalue weighted by Gasteiger charge is -1.93. The molecule has 0 aromatic heterocycles. The van der Waals surface area contributed by atoms with Gasteiger partial charge in [-0.3, -0.25) is 10.1 Å². The van der Waals surface area contributed by atoms with Crippen molar-refractivity contribution in [2.24, 2.45) is 0 Å². The Hall–Kier alpha value is -1.89. The highest BCUT2D eigenvalue weighted by atomic mass is 16.6. The average molecular weight is 162 g/mol. The van der Waals surface area contributed by atoms with Crippen molar-refractivity contribution in [3.05, 3.63) is 45.5 Å². The molecule has 0 atom stereocenters. The van der Waals surface area contributed by atoms with Crippen LogP contribution in [0.1, 0.15) is 11.1 Å². The molecule has 0 bridgehead atoms. The zero-order valence-corrected chi connectivity index (χ0v) is 6.23. The summed E-state index contributed by atoms with van der Waals surface area (Å²) in [6, 6.07) is 8.24. The first-order valence-corrected chi connectivity index (χ1v) is 3.33. The summed E-state index contributed by atoms with van der Waals surface area (Å²) in [6.45, 7) is -0.189. The topological polar surface area (TPSA) is 66.9 Å². The third-order valence-electron chi connectivity index (χ3n) is 1.39. The molecular weight excluding hydrogens is 156 g/mol. The predicted molar refractivity (Wildman–Crippen MR) is 41.9 cm³/mol. The molecule has 0 amide bonds. The second kappa shape index (κ2) is 3.49. The fourth-order valence-electron chi connectivity index (χ4n) is 0.834. The highest BCUT2D eigenvalue weighted by Crippen LogP contribution is 2.03. The van der Waals surface area contributed by atoms with Crippen LogP contribution in [0.5, 0.6) is 0 Å². The van der Waals surface area contributed by atoms with Crippen LogP contribution in [0, 0.1) is 21.4 Å². The fourth-order valence-corrected chi connectivity index (χ4v) is 0.834. The normalized spacial score (nSPS) is 8.92. The number of nitrogens with zero attached hydrogens (tertiary/aromatic N) is 2. The second-order valence-corrected chi connectivity index (χ2v) is 2.30. The Labute approximate surface area is 69.2 Å². The van der Waals surface area contributed by atoms with Crippen LogP contribution < -0.4 is 0 Å². The van der Waals surface area contributed by atoms with Crippen molar-refractivity contribution in [2.75, 3.05) is 0 Å². The highest BCUT2D eigenvalue weighted by Gasteiger charge is 1.99. The van der Waals surface area contributed by atoms with Crippen LogP contribution in [0.2, 0.25) is 0 Å². The van der Waals surface area contributed by atoms with E-state index in [4.69, 9.17) is 5.26 Å². The Balaban J connectivity index is 2.80. The van der Waals surface area contributed by atoms with Crippen LogP contribution in [0.4, 0.5) is 0 Å². The summed E-state index contributed by atoms with van der Waals surface area (Å²) in [4.78, 5) is 9.66. The summed E-state index contributed by atoms with van der Waals surface area (Å²) in [5.41, 5.74) is 1.13. The largest absolute Gasteiger partial charge is 0.264 e. The maximum atomic E-state index is 10.1. The number of rotatable bonds is 2. The van der Waals surface area contributed by atoms with E-state index in [9.17, 15) is 10.1 Å². The van der Waals surface area contributed by atoms with Crippen LogP contribution in [0.15, 0.2) is 24.3 Å². The number of nitro groups is 1. The van der Waals surface area contributed by atoms with E-state index >= 15 is 0 Å². The molecule has 0 radical (unpaired) electrons. The maximum absolute atomic E-state index is 10.1. The molecule has 0 fully saturated rings. The number of benzene rings is 1. The minimum atomic E-state index is -0.401. The minimum Gasteiger partial charge on any atom is -0.264 e. The first kappa shape index (κ1) is 8.21. The van der Waals surface area contributed by atoms with Gasteiger partial charge in [-0.25, -0.2) is 0 Å². The zero-order chi connectivity index (χ0) is 8.97. The lowest BCUT2D eigenvalue weighted by molar-refractivity contribution is -0.496. The van der Waals surface area contributed by atoms with E-state index in [0.717, 1.165) is 0 Å². The average Bonchev–Trinajstić information content (AvgIpc) is 2.05. The van der Waals surface area contributed by atoms with E-state index in [1.165, 1.54) is 0 Å². The van der Waals surface area contributed by atoms with Crippen LogP contribution in [-0.2, 0) is 6.54 Å². The summed E-state index contributed by atoms with van der Waals surface area (Å²) in [5, 5.41) is 18.5. The van der Waals surface area contributed by atoms with Gasteiger partial charge in [-0.15, -0.1) is 0 Å². The third-order valence-corrected chi connectivity index (χ3v) is 1.39. The van der Waals surface area contributed by atoms with E-state index in [2.05, 4.69) is 0 Å². The van der Waals surface area contributed by atoms with E-state index in [1.807, 2.05) is 6.07 Å². The van der Waals surface area contributed by atoms with Gasteiger partial charge in [-0.05, 0) is 12.1 Å². The smallest absolute Gasteiger partial charge is 0.228 e. The summed E-state index contributed by atoms with van der Waals surface area (Å²) in [5.74, 6) is 0. The van der Waals surface area contributed by atoms with Crippen molar-refractivity contribution < 1.29 is 4.92 Å². The van der Waals surface area contributed by atoms with Gasteiger partial charge in [0.25, 0.3) is 0 Å². The molecule has 4 heteroatoms. The Morgan fingerprint density at radius 3 is 2.42 bits per heavy atom. The molecule has 0 aliphatic rings. The van der Waals surface area contributed by atoms with Gasteiger partial charge < -0.3 is 0 Å². The summed E-state index contributed by atoms with van der Waals surface area (Å²) < 4.78 is 0. The lowest BCUT2D eigenvalue weighted by Crippen LogP contribution is -1.97. The van der Waals surface area contributed by atoms with Gasteiger partial charge in [-0.1, -0.05) is 12.1 Å². The molecule has 0 aliphatic heterocycles. The van der Waals surface area contributed by atoms with Gasteiger partial charge in [-0.2, -0.15) is 5.26 Å². The van der Waals surface area contributed by atoms with Gasteiger partial charge in [0.05, 0.1) is 11.6 Å². The van der Waals surface area contributed by atoms with Gasteiger partial charge in [0, 0.05) is 10.5 Å². The van der Waals surface area contributed by atoms with Crippen LogP contribution in [0.25, 0.3) is 0 Å². The molecule has 0 heterocycles. The zero-order valence-electron chi connectivity index (χ0n) is 6.23. The number of hydrogen-bond donors (Lipinski definition) is 0. The van der Waals surface area contributed by atoms with E-state index in [0.29, 0.717) is 11.1 Å². The lowest BCUT2D eigenvalue weighted by atomic mass is 10.1. The standard InChI is InChI=1S/C8H6N2O2/c9-5-7-1-3-8(4-2-7)6-10(11)12/h1-4H,6H2. The van der Waals surface area contributed by atoms with E-state index in [1.54, 1.807) is 24.3 Å². The molecule has 0 unspecified atom stereocenters. The van der Waals surface area contributed by atoms with Crippen LogP contribution >= 0.6 is 0 Å². The van der Waals surface area contributed by atoms with Crippen molar-refractivity contribution in [2.45, 2.75) is 6.54 Å². The number of hydrogen-bond acceptors (Lipinski definition) is 3. The summed E-state index contributed by atoms with van der Waals surface area (Å²) in [6.07, 6.45) is 0. The molecule has 0 spiro atoms. The van der Waals surface area contributed by atoms with Crippen molar-refractivity contribution >= 4 is 0 Å². The molecule has 60 valence electrons. The minimum absolute atomic E-state index is 0.189. The quantitative estimate of drug-likeness (QED) is 0.486. The Morgan fingerprint density at radius 1 is 1.42 bits per heavy atom. The molecular formula is C8H6N2O2.